The molecule has 0 spiro atoms. The highest BCUT2D eigenvalue weighted by atomic mass is 19.1. The molecule has 4 rings (SSSR count). The molecular formula is C34H28F2N6O6. The third-order valence-electron chi connectivity index (χ3n) is 5.88. The van der Waals surface area contributed by atoms with Crippen LogP contribution in [0, 0.1) is 11.6 Å². The summed E-state index contributed by atoms with van der Waals surface area (Å²) in [6.07, 6.45) is 2.10. The number of halogens is 2. The Morgan fingerprint density at radius 1 is 0.542 bits per heavy atom. The van der Waals surface area contributed by atoms with Crippen molar-refractivity contribution < 1.29 is 37.3 Å². The maximum absolute atomic E-state index is 14.7. The van der Waals surface area contributed by atoms with Crippen LogP contribution < -0.4 is 9.47 Å². The quantitative estimate of drug-likeness (QED) is 0.0509. The van der Waals surface area contributed by atoms with Crippen molar-refractivity contribution in [2.45, 2.75) is 0 Å². The number of carbonyl (C=O) groups excluding carboxylic acids is 2. The number of rotatable bonds is 16. The van der Waals surface area contributed by atoms with Crippen LogP contribution in [0.5, 0.6) is 11.5 Å². The molecule has 0 saturated heterocycles. The van der Waals surface area contributed by atoms with Gasteiger partial charge in [0.25, 0.3) is 0 Å². The Morgan fingerprint density at radius 3 is 1.50 bits per heavy atom. The first-order valence-electron chi connectivity index (χ1n) is 14.2. The lowest BCUT2D eigenvalue weighted by Gasteiger charge is -2.07. The monoisotopic (exact) mass is 654 g/mol. The number of carbonyl (C=O) groups is 2. The molecule has 14 heteroatoms. The van der Waals surface area contributed by atoms with Crippen molar-refractivity contribution in [3.05, 3.63) is 122 Å². The minimum Gasteiger partial charge on any atom is -0.490 e. The molecule has 0 fully saturated rings. The van der Waals surface area contributed by atoms with Gasteiger partial charge in [0, 0.05) is 24.3 Å². The summed E-state index contributed by atoms with van der Waals surface area (Å²) in [5.74, 6) is -1.88. The van der Waals surface area contributed by atoms with E-state index >= 15 is 0 Å². The molecule has 0 N–H and O–H groups in total. The summed E-state index contributed by atoms with van der Waals surface area (Å²) in [6, 6.07) is 21.4. The van der Waals surface area contributed by atoms with Gasteiger partial charge in [0.05, 0.1) is 28.4 Å². The van der Waals surface area contributed by atoms with E-state index in [4.69, 9.17) is 18.9 Å². The second-order valence-electron chi connectivity index (χ2n) is 9.30. The van der Waals surface area contributed by atoms with Gasteiger partial charge in [-0.1, -0.05) is 13.2 Å². The van der Waals surface area contributed by atoms with E-state index in [2.05, 4.69) is 43.8 Å². The number of esters is 2. The Morgan fingerprint density at radius 2 is 0.979 bits per heavy atom. The summed E-state index contributed by atoms with van der Waals surface area (Å²) in [6.45, 7) is 6.79. The third kappa shape index (κ3) is 11.2. The van der Waals surface area contributed by atoms with Crippen LogP contribution in [-0.4, -0.2) is 38.4 Å². The summed E-state index contributed by atoms with van der Waals surface area (Å²) in [7, 11) is 0. The van der Waals surface area contributed by atoms with Crippen molar-refractivity contribution in [2.75, 3.05) is 26.4 Å². The molecule has 0 bridgehead atoms. The molecule has 4 aromatic rings. The van der Waals surface area contributed by atoms with Crippen LogP contribution in [0.2, 0.25) is 0 Å². The molecule has 12 nitrogen and oxygen atoms in total. The Bertz CT molecular complexity index is 1830. The van der Waals surface area contributed by atoms with Crippen molar-refractivity contribution in [2.24, 2.45) is 30.7 Å². The zero-order valence-corrected chi connectivity index (χ0v) is 25.4. The second-order valence-corrected chi connectivity index (χ2v) is 9.30. The molecule has 0 aliphatic carbocycles. The van der Waals surface area contributed by atoms with Crippen LogP contribution >= 0.6 is 0 Å². The Labute approximate surface area is 273 Å². The molecule has 0 amide bonds. The van der Waals surface area contributed by atoms with Crippen molar-refractivity contribution in [1.82, 2.24) is 0 Å². The molecule has 0 aromatic heterocycles. The Hall–Kier alpha value is -6.44. The number of hydrogen-bond acceptors (Lipinski definition) is 12. The van der Waals surface area contributed by atoms with Crippen LogP contribution in [0.3, 0.4) is 0 Å². The first-order valence-corrected chi connectivity index (χ1v) is 14.2. The zero-order chi connectivity index (χ0) is 34.1. The first kappa shape index (κ1) is 34.4. The van der Waals surface area contributed by atoms with Crippen LogP contribution in [0.25, 0.3) is 0 Å². The van der Waals surface area contributed by atoms with E-state index in [1.807, 2.05) is 0 Å². The van der Waals surface area contributed by atoms with E-state index < -0.39 is 23.6 Å². The van der Waals surface area contributed by atoms with Crippen molar-refractivity contribution in [3.63, 3.8) is 0 Å². The number of benzene rings is 4. The van der Waals surface area contributed by atoms with Crippen LogP contribution in [-0.2, 0) is 19.1 Å². The lowest BCUT2D eigenvalue weighted by atomic mass is 10.3. The fourth-order valence-electron chi connectivity index (χ4n) is 3.56. The molecular weight excluding hydrogens is 626 g/mol. The van der Waals surface area contributed by atoms with Gasteiger partial charge in [-0.05, 0) is 72.8 Å². The predicted octanol–water partition coefficient (Wildman–Crippen LogP) is 9.43. The molecule has 48 heavy (non-hydrogen) atoms. The van der Waals surface area contributed by atoms with Gasteiger partial charge in [-0.3, -0.25) is 0 Å². The molecule has 0 saturated carbocycles. The molecule has 0 heterocycles. The summed E-state index contributed by atoms with van der Waals surface area (Å²) in [5.41, 5.74) is 1.96. The zero-order valence-electron chi connectivity index (χ0n) is 25.4. The van der Waals surface area contributed by atoms with E-state index in [1.54, 1.807) is 54.6 Å². The second kappa shape index (κ2) is 17.9. The van der Waals surface area contributed by atoms with Gasteiger partial charge in [-0.15, -0.1) is 5.11 Å². The summed E-state index contributed by atoms with van der Waals surface area (Å²) in [4.78, 5) is 22.0. The predicted molar refractivity (Wildman–Crippen MR) is 172 cm³/mol. The lowest BCUT2D eigenvalue weighted by Crippen LogP contribution is -2.10. The van der Waals surface area contributed by atoms with Crippen molar-refractivity contribution in [3.8, 4) is 11.5 Å². The van der Waals surface area contributed by atoms with Gasteiger partial charge >= 0.3 is 11.9 Å². The van der Waals surface area contributed by atoms with Crippen molar-refractivity contribution in [1.29, 1.82) is 0 Å². The van der Waals surface area contributed by atoms with Crippen LogP contribution in [0.15, 0.2) is 141 Å². The highest BCUT2D eigenvalue weighted by Gasteiger charge is 2.06. The molecule has 244 valence electrons. The van der Waals surface area contributed by atoms with Gasteiger partial charge in [-0.2, -0.15) is 25.6 Å². The summed E-state index contributed by atoms with van der Waals surface area (Å²) in [5, 5.41) is 24.3. The normalized spacial score (nSPS) is 11.1. The average molecular weight is 655 g/mol. The van der Waals surface area contributed by atoms with Gasteiger partial charge < -0.3 is 18.9 Å². The standard InChI is InChI=1S/C34H28F2N6O6/c1-3-33(43)47-19-17-45-28-13-9-25(10-14-28)38-40-26-11-15-31(29(35)21-26)42-39-24-7-5-23(6-8-24)37-41-27-12-16-32(30(36)22-27)46-18-20-48-34(44)4-2/h3-16,21-22H,1-2,17-20H2/b40-38+,41-37+,42-39+. The minimum atomic E-state index is -0.652. The smallest absolute Gasteiger partial charge is 0.330 e. The van der Waals surface area contributed by atoms with Gasteiger partial charge in [0.1, 0.15) is 37.9 Å². The minimum absolute atomic E-state index is 0.00483. The number of hydrogen-bond donors (Lipinski definition) is 0. The summed E-state index contributed by atoms with van der Waals surface area (Å²) >= 11 is 0. The number of nitrogens with zero attached hydrogens (tertiary/aromatic N) is 6. The maximum Gasteiger partial charge on any atom is 0.330 e. The topological polar surface area (TPSA) is 145 Å². The summed E-state index contributed by atoms with van der Waals surface area (Å²) < 4.78 is 49.3. The SMILES string of the molecule is C=CC(=O)OCCOc1ccc(/N=N/c2ccc(/N=N/c3ccc(/N=N/c4ccc(OCCOC(=O)C=C)c(F)c4)cc3)c(F)c2)cc1. The highest BCUT2D eigenvalue weighted by molar-refractivity contribution is 5.81. The molecule has 0 aliphatic rings. The lowest BCUT2D eigenvalue weighted by molar-refractivity contribution is -0.139. The van der Waals surface area contributed by atoms with E-state index in [-0.39, 0.29) is 49.2 Å². The maximum atomic E-state index is 14.7. The van der Waals surface area contributed by atoms with Gasteiger partial charge in [0.2, 0.25) is 0 Å². The molecule has 0 aliphatic heterocycles. The number of ether oxygens (including phenoxy) is 4. The van der Waals surface area contributed by atoms with Gasteiger partial charge in [0.15, 0.2) is 17.4 Å². The van der Waals surface area contributed by atoms with E-state index in [0.717, 1.165) is 18.2 Å². The van der Waals surface area contributed by atoms with Gasteiger partial charge in [-0.25, -0.2) is 18.4 Å². The van der Waals surface area contributed by atoms with E-state index in [0.29, 0.717) is 22.8 Å². The van der Waals surface area contributed by atoms with E-state index in [1.165, 1.54) is 24.3 Å². The molecule has 0 radical (unpaired) electrons. The Kier molecular flexibility index (Phi) is 12.8. The number of azo groups is 3. The first-order chi connectivity index (χ1) is 23.3. The molecule has 4 aromatic carbocycles. The van der Waals surface area contributed by atoms with Crippen LogP contribution in [0.4, 0.5) is 42.9 Å². The van der Waals surface area contributed by atoms with E-state index in [9.17, 15) is 18.4 Å². The van der Waals surface area contributed by atoms with Crippen molar-refractivity contribution >= 4 is 46.1 Å². The highest BCUT2D eigenvalue weighted by Crippen LogP contribution is 2.29. The third-order valence-corrected chi connectivity index (χ3v) is 5.88. The fourth-order valence-corrected chi connectivity index (χ4v) is 3.56. The molecule has 0 unspecified atom stereocenters. The fraction of sp³-hybridized carbons (Fsp3) is 0.118. The molecule has 0 atom stereocenters. The average Bonchev–Trinajstić information content (AvgIpc) is 3.11. The Balaban J connectivity index is 1.26. The van der Waals surface area contributed by atoms with Crippen LogP contribution in [0.1, 0.15) is 0 Å². The largest absolute Gasteiger partial charge is 0.490 e.